The van der Waals surface area contributed by atoms with Crippen LogP contribution in [0, 0.1) is 0 Å². The van der Waals surface area contributed by atoms with E-state index in [1.165, 1.54) is 0 Å². The zero-order valence-electron chi connectivity index (χ0n) is 17.3. The van der Waals surface area contributed by atoms with Crippen LogP contribution < -0.4 is 0 Å². The van der Waals surface area contributed by atoms with Crippen molar-refractivity contribution in [2.45, 2.75) is 93.3 Å². The Morgan fingerprint density at radius 3 is 1.41 bits per heavy atom. The van der Waals surface area contributed by atoms with Gasteiger partial charge in [0.05, 0.1) is 0 Å². The summed E-state index contributed by atoms with van der Waals surface area (Å²) in [5.41, 5.74) is 0. The Morgan fingerprint density at radius 1 is 0.818 bits per heavy atom. The van der Waals surface area contributed by atoms with Gasteiger partial charge in [0.1, 0.15) is 0 Å². The minimum absolute atomic E-state index is 0.246. The molecule has 0 saturated carbocycles. The molecule has 0 saturated heterocycles. The molecule has 1 rings (SSSR count). The Labute approximate surface area is 145 Å². The van der Waals surface area contributed by atoms with Gasteiger partial charge in [-0.3, -0.25) is 0 Å². The minimum atomic E-state index is -2.41. The fourth-order valence-corrected chi connectivity index (χ4v) is 59.5. The van der Waals surface area contributed by atoms with Crippen molar-refractivity contribution in [3.8, 4) is 0 Å². The quantitative estimate of drug-likeness (QED) is 0.524. The third-order valence-electron chi connectivity index (χ3n) is 6.23. The zero-order chi connectivity index (χ0) is 18.0. The first-order valence-corrected chi connectivity index (χ1v) is 24.7. The van der Waals surface area contributed by atoms with E-state index in [9.17, 15) is 0 Å². The van der Waals surface area contributed by atoms with E-state index in [-0.39, 0.29) is 3.62 Å². The van der Waals surface area contributed by atoms with Gasteiger partial charge in [0, 0.05) is 0 Å². The molecule has 1 aliphatic heterocycles. The molecule has 1 aliphatic rings. The van der Waals surface area contributed by atoms with Crippen molar-refractivity contribution in [3.05, 3.63) is 0 Å². The van der Waals surface area contributed by atoms with Crippen LogP contribution in [0.1, 0.15) is 20.8 Å². The van der Waals surface area contributed by atoms with Crippen molar-refractivity contribution in [1.82, 2.24) is 3.63 Å². The van der Waals surface area contributed by atoms with Crippen LogP contribution in [-0.4, -0.2) is 45.1 Å². The molecule has 0 aromatic carbocycles. The Morgan fingerprint density at radius 2 is 1.18 bits per heavy atom. The van der Waals surface area contributed by atoms with Gasteiger partial charge in [-0.15, -0.1) is 0 Å². The van der Waals surface area contributed by atoms with Gasteiger partial charge in [-0.05, 0) is 0 Å². The molecule has 130 valence electrons. The molecule has 0 aromatic rings. The second-order valence-electron chi connectivity index (χ2n) is 11.1. The molecule has 0 fully saturated rings. The summed E-state index contributed by atoms with van der Waals surface area (Å²) in [6.45, 7) is 27.4. The second-order valence-corrected chi connectivity index (χ2v) is 39.1. The number of nitrogens with zero attached hydrogens (tertiary/aromatic N) is 3. The molecule has 0 N–H and O–H groups in total. The number of hydrogen-bond acceptors (Lipinski definition) is 3. The number of hydrogen-bond donors (Lipinski definition) is 0. The Kier molecular flexibility index (Phi) is 4.97. The second kappa shape index (κ2) is 5.29. The maximum atomic E-state index is 5.22. The van der Waals surface area contributed by atoms with Crippen LogP contribution in [0.15, 0.2) is 10.3 Å². The van der Waals surface area contributed by atoms with Gasteiger partial charge in [-0.25, -0.2) is 0 Å². The van der Waals surface area contributed by atoms with Crippen molar-refractivity contribution < 1.29 is 0 Å². The summed E-state index contributed by atoms with van der Waals surface area (Å²) in [5.74, 6) is 5.22. The normalized spacial score (nSPS) is 22.3. The van der Waals surface area contributed by atoms with E-state index in [1.807, 2.05) is 0 Å². The molecule has 7 heteroatoms. The Balaban J connectivity index is 3.58. The molecule has 0 aliphatic carbocycles. The van der Waals surface area contributed by atoms with E-state index >= 15 is 0 Å². The molecule has 0 aromatic heterocycles. The Bertz CT molecular complexity index is 454. The van der Waals surface area contributed by atoms with Gasteiger partial charge in [-0.2, -0.15) is 0 Å². The van der Waals surface area contributed by atoms with Crippen LogP contribution in [0.25, 0.3) is 0 Å². The van der Waals surface area contributed by atoms with Gasteiger partial charge in [0.25, 0.3) is 0 Å². The third kappa shape index (κ3) is 2.65. The van der Waals surface area contributed by atoms with Gasteiger partial charge in [0.2, 0.25) is 0 Å². The topological polar surface area (TPSA) is 28.0 Å². The SMILES string of the molecule is CC(C)(C)[Si](C)(C)[N]1N=N[C]([Si](C)(C)C)([Si](C)(C)C)[Ge]1([CH3])[CH3]. The molecule has 0 unspecified atom stereocenters. The molecule has 0 amide bonds. The standard InChI is InChI=1S/C15H39GeN3Si3/c1-14(2,3)22(12,13)19-16(4,5)15(17-18-19,20(6,7)8)21(9,10)11/h1-13H3. The van der Waals surface area contributed by atoms with Crippen molar-refractivity contribution in [3.63, 3.8) is 0 Å². The molecular formula is C15H39GeN3Si3. The van der Waals surface area contributed by atoms with Gasteiger partial charge < -0.3 is 0 Å². The first-order valence-electron chi connectivity index (χ1n) is 8.57. The van der Waals surface area contributed by atoms with E-state index in [2.05, 4.69) is 88.3 Å². The van der Waals surface area contributed by atoms with Gasteiger partial charge >= 0.3 is 145 Å². The van der Waals surface area contributed by atoms with Crippen LogP contribution in [-0.2, 0) is 0 Å². The summed E-state index contributed by atoms with van der Waals surface area (Å²) in [6, 6.07) is 0. The van der Waals surface area contributed by atoms with Crippen LogP contribution in [0.4, 0.5) is 0 Å². The van der Waals surface area contributed by atoms with E-state index in [4.69, 9.17) is 10.3 Å². The molecule has 0 radical (unpaired) electrons. The summed E-state index contributed by atoms with van der Waals surface area (Å²) in [7, 11) is -4.57. The summed E-state index contributed by atoms with van der Waals surface area (Å²) < 4.78 is 2.92. The molecule has 1 heterocycles. The average molecular weight is 418 g/mol. The molecule has 22 heavy (non-hydrogen) atoms. The zero-order valence-corrected chi connectivity index (χ0v) is 22.4. The summed E-state index contributed by atoms with van der Waals surface area (Å²) >= 11 is -2.41. The monoisotopic (exact) mass is 419 g/mol. The van der Waals surface area contributed by atoms with E-state index in [0.717, 1.165) is 0 Å². The van der Waals surface area contributed by atoms with Gasteiger partial charge in [-0.1, -0.05) is 0 Å². The first-order chi connectivity index (χ1) is 9.34. The molecular weight excluding hydrogens is 379 g/mol. The van der Waals surface area contributed by atoms with Crippen LogP contribution in [0.2, 0.25) is 68.9 Å². The summed E-state index contributed by atoms with van der Waals surface area (Å²) in [6.07, 6.45) is 0. The van der Waals surface area contributed by atoms with Crippen molar-refractivity contribution in [1.29, 1.82) is 0 Å². The molecule has 0 spiro atoms. The van der Waals surface area contributed by atoms with Crippen LogP contribution in [0.5, 0.6) is 0 Å². The van der Waals surface area contributed by atoms with E-state index < -0.39 is 37.9 Å². The van der Waals surface area contributed by atoms with E-state index in [1.54, 1.807) is 0 Å². The third-order valence-corrected chi connectivity index (χ3v) is 48.7. The number of rotatable bonds is 3. The maximum absolute atomic E-state index is 5.22. The van der Waals surface area contributed by atoms with E-state index in [0.29, 0.717) is 5.04 Å². The van der Waals surface area contributed by atoms with Crippen molar-refractivity contribution in [2.75, 3.05) is 0 Å². The van der Waals surface area contributed by atoms with Gasteiger partial charge in [0.15, 0.2) is 0 Å². The molecule has 0 atom stereocenters. The fourth-order valence-electron chi connectivity index (χ4n) is 4.89. The fraction of sp³-hybridized carbons (Fsp3) is 1.00. The molecule has 3 nitrogen and oxygen atoms in total. The predicted octanol–water partition coefficient (Wildman–Crippen LogP) is 5.91. The van der Waals surface area contributed by atoms with Crippen LogP contribution >= 0.6 is 0 Å². The van der Waals surface area contributed by atoms with Crippen LogP contribution in [0.3, 0.4) is 0 Å². The Hall–Kier alpha value is 0.594. The molecule has 0 bridgehead atoms. The predicted molar refractivity (Wildman–Crippen MR) is 111 cm³/mol. The van der Waals surface area contributed by atoms with Crippen molar-refractivity contribution >= 4 is 37.9 Å². The summed E-state index contributed by atoms with van der Waals surface area (Å²) in [5, 5.41) is 10.5. The average Bonchev–Trinajstić information content (AvgIpc) is 2.46. The van der Waals surface area contributed by atoms with Crippen molar-refractivity contribution in [2.24, 2.45) is 10.3 Å². The summed E-state index contributed by atoms with van der Waals surface area (Å²) in [4.78, 5) is 0. The first kappa shape index (κ1) is 20.6.